The van der Waals surface area contributed by atoms with Crippen LogP contribution in [0.25, 0.3) is 5.52 Å². The van der Waals surface area contributed by atoms with Gasteiger partial charge >= 0.3 is 5.97 Å². The maximum absolute atomic E-state index is 10.8. The topological polar surface area (TPSA) is 119 Å². The lowest BCUT2D eigenvalue weighted by atomic mass is 10.2. The molecule has 0 saturated carbocycles. The van der Waals surface area contributed by atoms with Gasteiger partial charge in [0.1, 0.15) is 11.3 Å². The zero-order valence-corrected chi connectivity index (χ0v) is 12.5. The number of carboxylic acid groups (broad SMARTS) is 1. The van der Waals surface area contributed by atoms with E-state index in [9.17, 15) is 9.59 Å². The number of hydrogen-bond acceptors (Lipinski definition) is 5. The van der Waals surface area contributed by atoms with Gasteiger partial charge in [-0.05, 0) is 24.3 Å². The van der Waals surface area contributed by atoms with Gasteiger partial charge in [0.05, 0.1) is 17.4 Å². The van der Waals surface area contributed by atoms with E-state index in [-0.39, 0.29) is 18.1 Å². The summed E-state index contributed by atoms with van der Waals surface area (Å²) in [5.41, 5.74) is 7.68. The number of amides is 1. The molecule has 0 spiro atoms. The van der Waals surface area contributed by atoms with E-state index in [2.05, 4.69) is 10.4 Å². The first-order valence-electron chi connectivity index (χ1n) is 7.02. The lowest BCUT2D eigenvalue weighted by molar-refractivity contribution is -0.118. The second-order valence-electron chi connectivity index (χ2n) is 4.99. The molecule has 0 bridgehead atoms. The zero-order chi connectivity index (χ0) is 17.1. The van der Waals surface area contributed by atoms with Crippen LogP contribution in [0.15, 0.2) is 48.8 Å². The van der Waals surface area contributed by atoms with E-state index in [0.717, 1.165) is 0 Å². The normalized spacial score (nSPS) is 12.4. The number of nitrogens with two attached hydrogens (primary N) is 1. The van der Waals surface area contributed by atoms with Gasteiger partial charge in [0.25, 0.3) is 5.91 Å². The molecule has 0 aliphatic carbocycles. The second kappa shape index (κ2) is 6.29. The third-order valence-electron chi connectivity index (χ3n) is 3.30. The summed E-state index contributed by atoms with van der Waals surface area (Å²) >= 11 is 0. The number of aromatic nitrogens is 2. The number of benzene rings is 1. The van der Waals surface area contributed by atoms with Gasteiger partial charge in [-0.15, -0.1) is 0 Å². The smallest absolute Gasteiger partial charge is 0.339 e. The number of carboxylic acids is 1. The Balaban J connectivity index is 0.000000141. The average molecular weight is 326 g/mol. The van der Waals surface area contributed by atoms with Crippen LogP contribution in [0.4, 0.5) is 11.4 Å². The highest BCUT2D eigenvalue weighted by Crippen LogP contribution is 2.29. The summed E-state index contributed by atoms with van der Waals surface area (Å²) in [4.78, 5) is 21.5. The first-order chi connectivity index (χ1) is 11.5. The van der Waals surface area contributed by atoms with Crippen molar-refractivity contribution in [2.45, 2.75) is 0 Å². The molecule has 8 nitrogen and oxygen atoms in total. The van der Waals surface area contributed by atoms with E-state index in [1.54, 1.807) is 42.6 Å². The summed E-state index contributed by atoms with van der Waals surface area (Å²) in [7, 11) is 0. The third kappa shape index (κ3) is 3.12. The van der Waals surface area contributed by atoms with Gasteiger partial charge in [-0.1, -0.05) is 6.07 Å². The highest BCUT2D eigenvalue weighted by Gasteiger charge is 2.14. The van der Waals surface area contributed by atoms with E-state index in [0.29, 0.717) is 22.6 Å². The Morgan fingerprint density at radius 3 is 2.96 bits per heavy atom. The van der Waals surface area contributed by atoms with Crippen LogP contribution in [0.2, 0.25) is 0 Å². The molecule has 8 heteroatoms. The number of nitrogens with zero attached hydrogens (tertiary/aromatic N) is 2. The molecule has 0 unspecified atom stereocenters. The van der Waals surface area contributed by atoms with E-state index in [1.165, 1.54) is 10.7 Å². The monoisotopic (exact) mass is 326 g/mol. The molecule has 4 rings (SSSR count). The number of aromatic carboxylic acids is 1. The molecular weight excluding hydrogens is 312 g/mol. The Kier molecular flexibility index (Phi) is 4.02. The predicted octanol–water partition coefficient (Wildman–Crippen LogP) is 1.63. The fourth-order valence-corrected chi connectivity index (χ4v) is 2.19. The maximum atomic E-state index is 10.8. The van der Waals surface area contributed by atoms with Gasteiger partial charge in [0, 0.05) is 18.0 Å². The highest BCUT2D eigenvalue weighted by molar-refractivity contribution is 5.96. The summed E-state index contributed by atoms with van der Waals surface area (Å²) in [6.45, 7) is 0.0659. The Bertz CT molecular complexity index is 919. The largest absolute Gasteiger partial charge is 0.482 e. The molecule has 1 aromatic carbocycles. The standard InChI is InChI=1S/C8H8N2O2.C8H6N2O2/c9-5-1-2-6-7(3-5)12-4-8(11)10-6;11-8(12)6-5-9-10-4-2-1-3-7(6)10/h1-3H,4,9H2,(H,10,11);1-5H,(H,11,12). The third-order valence-corrected chi connectivity index (χ3v) is 3.30. The van der Waals surface area contributed by atoms with Crippen molar-refractivity contribution < 1.29 is 19.4 Å². The number of rotatable bonds is 1. The zero-order valence-electron chi connectivity index (χ0n) is 12.5. The number of pyridine rings is 1. The van der Waals surface area contributed by atoms with Gasteiger partial charge in [-0.25, -0.2) is 9.31 Å². The lowest BCUT2D eigenvalue weighted by Crippen LogP contribution is -2.25. The molecule has 122 valence electrons. The molecule has 1 aliphatic heterocycles. The minimum absolute atomic E-state index is 0.0659. The van der Waals surface area contributed by atoms with Crippen LogP contribution in [-0.4, -0.2) is 33.2 Å². The van der Waals surface area contributed by atoms with Crippen LogP contribution in [0.3, 0.4) is 0 Å². The number of anilines is 2. The van der Waals surface area contributed by atoms with Crippen LogP contribution in [0, 0.1) is 0 Å². The first kappa shape index (κ1) is 15.3. The van der Waals surface area contributed by atoms with E-state index < -0.39 is 5.97 Å². The van der Waals surface area contributed by atoms with Crippen molar-refractivity contribution in [1.29, 1.82) is 0 Å². The number of nitrogens with one attached hydrogen (secondary N) is 1. The van der Waals surface area contributed by atoms with Gasteiger partial charge in [-0.3, -0.25) is 4.79 Å². The van der Waals surface area contributed by atoms with Gasteiger partial charge in [0.15, 0.2) is 6.61 Å². The van der Waals surface area contributed by atoms with Gasteiger partial charge in [-0.2, -0.15) is 5.10 Å². The van der Waals surface area contributed by atoms with E-state index in [4.69, 9.17) is 15.6 Å². The second-order valence-corrected chi connectivity index (χ2v) is 4.99. The quantitative estimate of drug-likeness (QED) is 0.585. The van der Waals surface area contributed by atoms with Crippen LogP contribution < -0.4 is 15.8 Å². The molecule has 0 saturated heterocycles. The lowest BCUT2D eigenvalue weighted by Gasteiger charge is -2.17. The summed E-state index contributed by atoms with van der Waals surface area (Å²) in [6.07, 6.45) is 3.06. The van der Waals surface area contributed by atoms with Crippen molar-refractivity contribution in [1.82, 2.24) is 9.61 Å². The molecule has 24 heavy (non-hydrogen) atoms. The molecular formula is C16H14N4O4. The Morgan fingerprint density at radius 1 is 1.33 bits per heavy atom. The van der Waals surface area contributed by atoms with Crippen LogP contribution in [-0.2, 0) is 4.79 Å². The van der Waals surface area contributed by atoms with E-state index in [1.807, 2.05) is 0 Å². The first-order valence-corrected chi connectivity index (χ1v) is 7.02. The fraction of sp³-hybridized carbons (Fsp3) is 0.0625. The van der Waals surface area contributed by atoms with Crippen LogP contribution in [0.1, 0.15) is 10.4 Å². The molecule has 1 aliphatic rings. The molecule has 0 fully saturated rings. The minimum atomic E-state index is -0.948. The number of carbonyl (C=O) groups is 2. The predicted molar refractivity (Wildman–Crippen MR) is 87.1 cm³/mol. The summed E-state index contributed by atoms with van der Waals surface area (Å²) in [5, 5.41) is 15.3. The minimum Gasteiger partial charge on any atom is -0.482 e. The van der Waals surface area contributed by atoms with Crippen molar-refractivity contribution in [2.75, 3.05) is 17.7 Å². The maximum Gasteiger partial charge on any atom is 0.339 e. The molecule has 0 radical (unpaired) electrons. The molecule has 4 N–H and O–H groups in total. The molecule has 0 atom stereocenters. The average Bonchev–Trinajstić information content (AvgIpc) is 3.00. The highest BCUT2D eigenvalue weighted by atomic mass is 16.5. The molecule has 1 amide bonds. The van der Waals surface area contributed by atoms with Crippen molar-refractivity contribution in [3.63, 3.8) is 0 Å². The van der Waals surface area contributed by atoms with Crippen molar-refractivity contribution in [3.05, 3.63) is 54.4 Å². The van der Waals surface area contributed by atoms with Crippen molar-refractivity contribution >= 4 is 28.8 Å². The molecule has 3 aromatic rings. The molecule has 2 aromatic heterocycles. The summed E-state index contributed by atoms with van der Waals surface area (Å²) < 4.78 is 6.66. The fourth-order valence-electron chi connectivity index (χ4n) is 2.19. The Labute approximate surface area is 136 Å². The SMILES string of the molecule is Nc1ccc2c(c1)OCC(=O)N2.O=C(O)c1cnn2ccccc12. The number of fused-ring (bicyclic) bond motifs is 2. The van der Waals surface area contributed by atoms with Crippen molar-refractivity contribution in [2.24, 2.45) is 0 Å². The van der Waals surface area contributed by atoms with Gasteiger partial charge < -0.3 is 20.9 Å². The summed E-state index contributed by atoms with van der Waals surface area (Å²) in [6, 6.07) is 10.4. The van der Waals surface area contributed by atoms with Crippen molar-refractivity contribution in [3.8, 4) is 5.75 Å². The Hall–Kier alpha value is -3.55. The summed E-state index contributed by atoms with van der Waals surface area (Å²) in [5.74, 6) is -0.446. The number of hydrogen-bond donors (Lipinski definition) is 3. The van der Waals surface area contributed by atoms with Crippen LogP contribution in [0.5, 0.6) is 5.75 Å². The Morgan fingerprint density at radius 2 is 2.17 bits per heavy atom. The van der Waals surface area contributed by atoms with E-state index >= 15 is 0 Å². The number of carbonyl (C=O) groups excluding carboxylic acids is 1. The van der Waals surface area contributed by atoms with Gasteiger partial charge in [0.2, 0.25) is 0 Å². The molecule has 3 heterocycles. The number of ether oxygens (including phenoxy) is 1. The van der Waals surface area contributed by atoms with Crippen LogP contribution >= 0.6 is 0 Å². The number of nitrogen functional groups attached to an aromatic ring is 1.